The SMILES string of the molecule is CC(N)c1cccc(NC(=O)Nc2cccc(C#N)c2)c1. The number of benzene rings is 2. The number of amides is 2. The number of nitrogens with one attached hydrogen (secondary N) is 2. The lowest BCUT2D eigenvalue weighted by Crippen LogP contribution is -2.19. The minimum absolute atomic E-state index is 0.0953. The van der Waals surface area contributed by atoms with Crippen LogP contribution in [-0.4, -0.2) is 6.03 Å². The lowest BCUT2D eigenvalue weighted by atomic mass is 10.1. The summed E-state index contributed by atoms with van der Waals surface area (Å²) < 4.78 is 0. The molecule has 2 amide bonds. The van der Waals surface area contributed by atoms with Gasteiger partial charge >= 0.3 is 6.03 Å². The number of nitrogens with two attached hydrogens (primary N) is 1. The minimum Gasteiger partial charge on any atom is -0.324 e. The summed E-state index contributed by atoms with van der Waals surface area (Å²) in [6.07, 6.45) is 0. The zero-order valence-corrected chi connectivity index (χ0v) is 11.6. The first-order valence-corrected chi connectivity index (χ1v) is 6.52. The molecule has 4 N–H and O–H groups in total. The average Bonchev–Trinajstić information content (AvgIpc) is 2.47. The van der Waals surface area contributed by atoms with Gasteiger partial charge in [-0.3, -0.25) is 0 Å². The Hall–Kier alpha value is -2.84. The second-order valence-corrected chi connectivity index (χ2v) is 4.69. The Balaban J connectivity index is 2.05. The van der Waals surface area contributed by atoms with Crippen molar-refractivity contribution >= 4 is 17.4 Å². The second kappa shape index (κ2) is 6.55. The van der Waals surface area contributed by atoms with Crippen molar-refractivity contribution < 1.29 is 4.79 Å². The first-order valence-electron chi connectivity index (χ1n) is 6.52. The van der Waals surface area contributed by atoms with E-state index in [9.17, 15) is 4.79 Å². The Bertz CT molecular complexity index is 689. The summed E-state index contributed by atoms with van der Waals surface area (Å²) >= 11 is 0. The van der Waals surface area contributed by atoms with Gasteiger partial charge in [-0.05, 0) is 42.8 Å². The molecule has 0 aliphatic heterocycles. The lowest BCUT2D eigenvalue weighted by molar-refractivity contribution is 0.262. The smallest absolute Gasteiger partial charge is 0.323 e. The minimum atomic E-state index is -0.369. The van der Waals surface area contributed by atoms with Crippen LogP contribution >= 0.6 is 0 Å². The molecule has 0 saturated heterocycles. The van der Waals surface area contributed by atoms with E-state index in [1.54, 1.807) is 30.3 Å². The van der Waals surface area contributed by atoms with E-state index < -0.39 is 0 Å². The summed E-state index contributed by atoms with van der Waals surface area (Å²) in [5.74, 6) is 0. The molecule has 1 atom stereocenters. The third kappa shape index (κ3) is 4.06. The number of hydrogen-bond acceptors (Lipinski definition) is 3. The van der Waals surface area contributed by atoms with E-state index in [0.717, 1.165) is 5.56 Å². The fourth-order valence-corrected chi connectivity index (χ4v) is 1.86. The zero-order chi connectivity index (χ0) is 15.2. The van der Waals surface area contributed by atoms with E-state index >= 15 is 0 Å². The van der Waals surface area contributed by atoms with Gasteiger partial charge in [-0.1, -0.05) is 18.2 Å². The van der Waals surface area contributed by atoms with E-state index in [0.29, 0.717) is 16.9 Å². The van der Waals surface area contributed by atoms with Crippen LogP contribution in [0.5, 0.6) is 0 Å². The van der Waals surface area contributed by atoms with E-state index in [2.05, 4.69) is 10.6 Å². The number of anilines is 2. The number of nitriles is 1. The van der Waals surface area contributed by atoms with Crippen molar-refractivity contribution in [1.82, 2.24) is 0 Å². The Morgan fingerprint density at radius 1 is 1.14 bits per heavy atom. The Labute approximate surface area is 123 Å². The van der Waals surface area contributed by atoms with Gasteiger partial charge in [0.25, 0.3) is 0 Å². The van der Waals surface area contributed by atoms with Gasteiger partial charge in [-0.2, -0.15) is 5.26 Å². The van der Waals surface area contributed by atoms with E-state index in [4.69, 9.17) is 11.0 Å². The number of hydrogen-bond donors (Lipinski definition) is 3. The maximum Gasteiger partial charge on any atom is 0.323 e. The van der Waals surface area contributed by atoms with Crippen LogP contribution in [0.15, 0.2) is 48.5 Å². The van der Waals surface area contributed by atoms with Gasteiger partial charge in [0.05, 0.1) is 11.6 Å². The highest BCUT2D eigenvalue weighted by Crippen LogP contribution is 2.16. The molecule has 5 nitrogen and oxygen atoms in total. The van der Waals surface area contributed by atoms with Crippen molar-refractivity contribution in [2.45, 2.75) is 13.0 Å². The van der Waals surface area contributed by atoms with Crippen LogP contribution in [0.1, 0.15) is 24.1 Å². The van der Waals surface area contributed by atoms with Crippen molar-refractivity contribution in [3.05, 3.63) is 59.7 Å². The summed E-state index contributed by atoms with van der Waals surface area (Å²) in [5, 5.41) is 14.2. The van der Waals surface area contributed by atoms with Crippen LogP contribution in [0.25, 0.3) is 0 Å². The fraction of sp³-hybridized carbons (Fsp3) is 0.125. The van der Waals surface area contributed by atoms with Crippen molar-refractivity contribution in [3.8, 4) is 6.07 Å². The largest absolute Gasteiger partial charge is 0.324 e. The maximum absolute atomic E-state index is 11.9. The number of carbonyl (C=O) groups is 1. The summed E-state index contributed by atoms with van der Waals surface area (Å²) in [4.78, 5) is 11.9. The molecular formula is C16H16N4O. The number of nitrogens with zero attached hydrogens (tertiary/aromatic N) is 1. The summed E-state index contributed by atoms with van der Waals surface area (Å²) in [6, 6.07) is 15.6. The molecule has 2 aromatic rings. The highest BCUT2D eigenvalue weighted by atomic mass is 16.2. The molecule has 0 saturated carbocycles. The molecule has 2 aromatic carbocycles. The Morgan fingerprint density at radius 3 is 2.38 bits per heavy atom. The van der Waals surface area contributed by atoms with Gasteiger partial charge in [0.1, 0.15) is 0 Å². The van der Waals surface area contributed by atoms with Crippen molar-refractivity contribution in [3.63, 3.8) is 0 Å². The Morgan fingerprint density at radius 2 is 1.76 bits per heavy atom. The van der Waals surface area contributed by atoms with E-state index in [1.165, 1.54) is 0 Å². The molecule has 0 aliphatic rings. The molecule has 0 heterocycles. The van der Waals surface area contributed by atoms with Crippen LogP contribution in [0.3, 0.4) is 0 Å². The first kappa shape index (κ1) is 14.6. The summed E-state index contributed by atoms with van der Waals surface area (Å²) in [5.41, 5.74) is 8.48. The lowest BCUT2D eigenvalue weighted by Gasteiger charge is -2.10. The van der Waals surface area contributed by atoms with Crippen LogP contribution in [0.2, 0.25) is 0 Å². The third-order valence-corrected chi connectivity index (χ3v) is 2.92. The molecule has 2 rings (SSSR count). The number of rotatable bonds is 3. The molecule has 106 valence electrons. The van der Waals surface area contributed by atoms with Crippen LogP contribution < -0.4 is 16.4 Å². The van der Waals surface area contributed by atoms with Crippen LogP contribution in [0, 0.1) is 11.3 Å². The molecular weight excluding hydrogens is 264 g/mol. The molecule has 1 unspecified atom stereocenters. The summed E-state index contributed by atoms with van der Waals surface area (Å²) in [7, 11) is 0. The standard InChI is InChI=1S/C16H16N4O/c1-11(18)13-5-3-7-15(9-13)20-16(21)19-14-6-2-4-12(8-14)10-17/h2-9,11H,18H2,1H3,(H2,19,20,21). The van der Waals surface area contributed by atoms with E-state index in [1.807, 2.05) is 31.2 Å². The first-order chi connectivity index (χ1) is 10.1. The van der Waals surface area contributed by atoms with Crippen molar-refractivity contribution in [2.24, 2.45) is 5.73 Å². The van der Waals surface area contributed by atoms with Crippen molar-refractivity contribution in [1.29, 1.82) is 5.26 Å². The number of urea groups is 1. The van der Waals surface area contributed by atoms with Crippen molar-refractivity contribution in [2.75, 3.05) is 10.6 Å². The van der Waals surface area contributed by atoms with Gasteiger partial charge in [0.2, 0.25) is 0 Å². The molecule has 0 fully saturated rings. The average molecular weight is 280 g/mol. The monoisotopic (exact) mass is 280 g/mol. The molecule has 0 spiro atoms. The molecule has 0 radical (unpaired) electrons. The van der Waals surface area contributed by atoms with E-state index in [-0.39, 0.29) is 12.1 Å². The predicted molar refractivity (Wildman–Crippen MR) is 82.8 cm³/mol. The maximum atomic E-state index is 11.9. The molecule has 21 heavy (non-hydrogen) atoms. The second-order valence-electron chi connectivity index (χ2n) is 4.69. The highest BCUT2D eigenvalue weighted by molar-refractivity contribution is 5.99. The quantitative estimate of drug-likeness (QED) is 0.806. The van der Waals surface area contributed by atoms with Gasteiger partial charge in [0.15, 0.2) is 0 Å². The summed E-state index contributed by atoms with van der Waals surface area (Å²) in [6.45, 7) is 1.88. The highest BCUT2D eigenvalue weighted by Gasteiger charge is 2.05. The molecule has 0 aliphatic carbocycles. The van der Waals surface area contributed by atoms with Gasteiger partial charge in [0, 0.05) is 17.4 Å². The Kier molecular flexibility index (Phi) is 4.54. The number of carbonyl (C=O) groups excluding carboxylic acids is 1. The zero-order valence-electron chi connectivity index (χ0n) is 11.6. The fourth-order valence-electron chi connectivity index (χ4n) is 1.86. The van der Waals surface area contributed by atoms with Crippen LogP contribution in [-0.2, 0) is 0 Å². The van der Waals surface area contributed by atoms with Gasteiger partial charge in [-0.25, -0.2) is 4.79 Å². The molecule has 0 bridgehead atoms. The molecule has 0 aromatic heterocycles. The predicted octanol–water partition coefficient (Wildman–Crippen LogP) is 3.22. The van der Waals surface area contributed by atoms with Gasteiger partial charge < -0.3 is 16.4 Å². The molecule has 5 heteroatoms. The normalized spacial score (nSPS) is 11.3. The topological polar surface area (TPSA) is 90.9 Å². The van der Waals surface area contributed by atoms with Crippen LogP contribution in [0.4, 0.5) is 16.2 Å². The van der Waals surface area contributed by atoms with Gasteiger partial charge in [-0.15, -0.1) is 0 Å². The third-order valence-electron chi connectivity index (χ3n) is 2.92.